The SMILES string of the molecule is CCC1NC(=O)C(C)N(C2CCCCCC2)C1=O. The molecule has 1 heterocycles. The fraction of sp³-hybridized carbons (Fsp3) is 0.857. The first-order chi connectivity index (χ1) is 8.65. The highest BCUT2D eigenvalue weighted by Gasteiger charge is 2.40. The van der Waals surface area contributed by atoms with Gasteiger partial charge in [0.1, 0.15) is 12.1 Å². The van der Waals surface area contributed by atoms with Gasteiger partial charge in [-0.1, -0.05) is 32.6 Å². The highest BCUT2D eigenvalue weighted by molar-refractivity contribution is 5.96. The summed E-state index contributed by atoms with van der Waals surface area (Å²) in [6.07, 6.45) is 7.67. The van der Waals surface area contributed by atoms with Crippen molar-refractivity contribution in [3.63, 3.8) is 0 Å². The molecule has 0 radical (unpaired) electrons. The first-order valence-electron chi connectivity index (χ1n) is 7.27. The van der Waals surface area contributed by atoms with Gasteiger partial charge in [-0.25, -0.2) is 0 Å². The van der Waals surface area contributed by atoms with Crippen molar-refractivity contribution < 1.29 is 9.59 Å². The summed E-state index contributed by atoms with van der Waals surface area (Å²) in [6, 6.07) is -0.338. The predicted molar refractivity (Wildman–Crippen MR) is 70.0 cm³/mol. The molecule has 0 aromatic carbocycles. The van der Waals surface area contributed by atoms with Gasteiger partial charge in [-0.2, -0.15) is 0 Å². The van der Waals surface area contributed by atoms with Crippen molar-refractivity contribution in [1.82, 2.24) is 10.2 Å². The zero-order valence-corrected chi connectivity index (χ0v) is 11.4. The van der Waals surface area contributed by atoms with Crippen LogP contribution in [-0.4, -0.2) is 34.8 Å². The lowest BCUT2D eigenvalue weighted by atomic mass is 9.99. The molecule has 18 heavy (non-hydrogen) atoms. The van der Waals surface area contributed by atoms with E-state index in [1.54, 1.807) is 0 Å². The Bertz CT molecular complexity index is 322. The van der Waals surface area contributed by atoms with Gasteiger partial charge < -0.3 is 10.2 Å². The van der Waals surface area contributed by atoms with Gasteiger partial charge >= 0.3 is 0 Å². The molecule has 0 bridgehead atoms. The van der Waals surface area contributed by atoms with Gasteiger partial charge in [-0.05, 0) is 26.2 Å². The maximum Gasteiger partial charge on any atom is 0.246 e. The topological polar surface area (TPSA) is 49.4 Å². The number of carbonyl (C=O) groups excluding carboxylic acids is 2. The summed E-state index contributed by atoms with van der Waals surface area (Å²) >= 11 is 0. The lowest BCUT2D eigenvalue weighted by Gasteiger charge is -2.42. The fourth-order valence-corrected chi connectivity index (χ4v) is 3.16. The van der Waals surface area contributed by atoms with E-state index in [0.29, 0.717) is 6.42 Å². The number of nitrogens with zero attached hydrogens (tertiary/aromatic N) is 1. The quantitative estimate of drug-likeness (QED) is 0.762. The molecule has 2 unspecified atom stereocenters. The van der Waals surface area contributed by atoms with Crippen LogP contribution in [0.2, 0.25) is 0 Å². The summed E-state index contributed by atoms with van der Waals surface area (Å²) in [5, 5.41) is 2.82. The van der Waals surface area contributed by atoms with Crippen molar-refractivity contribution in [2.75, 3.05) is 0 Å². The number of piperazine rings is 1. The van der Waals surface area contributed by atoms with Crippen LogP contribution in [0.4, 0.5) is 0 Å². The van der Waals surface area contributed by atoms with Gasteiger partial charge in [0.05, 0.1) is 0 Å². The third kappa shape index (κ3) is 2.52. The normalized spacial score (nSPS) is 31.1. The Balaban J connectivity index is 2.15. The van der Waals surface area contributed by atoms with Gasteiger partial charge in [0, 0.05) is 6.04 Å². The van der Waals surface area contributed by atoms with Crippen molar-refractivity contribution in [3.05, 3.63) is 0 Å². The van der Waals surface area contributed by atoms with E-state index in [2.05, 4.69) is 5.32 Å². The Morgan fingerprint density at radius 1 is 1.17 bits per heavy atom. The van der Waals surface area contributed by atoms with E-state index < -0.39 is 0 Å². The Kier molecular flexibility index (Phi) is 4.25. The molecule has 2 rings (SSSR count). The van der Waals surface area contributed by atoms with Gasteiger partial charge in [-0.3, -0.25) is 9.59 Å². The molecule has 102 valence electrons. The Hall–Kier alpha value is -1.06. The highest BCUT2D eigenvalue weighted by Crippen LogP contribution is 2.26. The zero-order valence-electron chi connectivity index (χ0n) is 11.4. The number of carbonyl (C=O) groups is 2. The average molecular weight is 252 g/mol. The van der Waals surface area contributed by atoms with E-state index >= 15 is 0 Å². The van der Waals surface area contributed by atoms with Crippen LogP contribution in [0.1, 0.15) is 58.8 Å². The molecule has 4 nitrogen and oxygen atoms in total. The zero-order chi connectivity index (χ0) is 13.1. The minimum atomic E-state index is -0.308. The molecule has 4 heteroatoms. The summed E-state index contributed by atoms with van der Waals surface area (Å²) in [4.78, 5) is 26.3. The second-order valence-corrected chi connectivity index (χ2v) is 5.54. The second kappa shape index (κ2) is 5.72. The molecule has 1 saturated carbocycles. The van der Waals surface area contributed by atoms with Crippen LogP contribution in [-0.2, 0) is 9.59 Å². The molecular formula is C14H24N2O2. The van der Waals surface area contributed by atoms with Crippen LogP contribution < -0.4 is 5.32 Å². The lowest BCUT2D eigenvalue weighted by molar-refractivity contribution is -0.151. The van der Waals surface area contributed by atoms with E-state index in [1.165, 1.54) is 25.7 Å². The Morgan fingerprint density at radius 2 is 1.78 bits per heavy atom. The highest BCUT2D eigenvalue weighted by atomic mass is 16.2. The minimum Gasteiger partial charge on any atom is -0.343 e. The van der Waals surface area contributed by atoms with Gasteiger partial charge in [0.15, 0.2) is 0 Å². The van der Waals surface area contributed by atoms with Gasteiger partial charge in [-0.15, -0.1) is 0 Å². The van der Waals surface area contributed by atoms with E-state index in [9.17, 15) is 9.59 Å². The van der Waals surface area contributed by atoms with Crippen LogP contribution in [0, 0.1) is 0 Å². The maximum absolute atomic E-state index is 12.4. The second-order valence-electron chi connectivity index (χ2n) is 5.54. The Labute approximate surface area is 109 Å². The van der Waals surface area contributed by atoms with Crippen LogP contribution in [0.25, 0.3) is 0 Å². The third-order valence-electron chi connectivity index (χ3n) is 4.29. The summed E-state index contributed by atoms with van der Waals surface area (Å²) in [5.74, 6) is 0.127. The molecular weight excluding hydrogens is 228 g/mol. The summed E-state index contributed by atoms with van der Waals surface area (Å²) < 4.78 is 0. The molecule has 1 aliphatic heterocycles. The summed E-state index contributed by atoms with van der Waals surface area (Å²) in [5.41, 5.74) is 0. The van der Waals surface area contributed by atoms with Crippen LogP contribution in [0.3, 0.4) is 0 Å². The minimum absolute atomic E-state index is 0.00527. The number of amides is 2. The van der Waals surface area contributed by atoms with E-state index in [-0.39, 0.29) is 29.9 Å². The molecule has 2 amide bonds. The number of hydrogen-bond acceptors (Lipinski definition) is 2. The van der Waals surface area contributed by atoms with Gasteiger partial charge in [0.2, 0.25) is 11.8 Å². The molecule has 0 aromatic rings. The smallest absolute Gasteiger partial charge is 0.246 e. The number of rotatable bonds is 2. The van der Waals surface area contributed by atoms with E-state index in [0.717, 1.165) is 12.8 Å². The molecule has 2 atom stereocenters. The summed E-state index contributed by atoms with van der Waals surface area (Å²) in [7, 11) is 0. The molecule has 2 fully saturated rings. The third-order valence-corrected chi connectivity index (χ3v) is 4.29. The number of nitrogens with one attached hydrogen (secondary N) is 1. The largest absolute Gasteiger partial charge is 0.343 e. The van der Waals surface area contributed by atoms with Crippen molar-refractivity contribution in [1.29, 1.82) is 0 Å². The van der Waals surface area contributed by atoms with Crippen molar-refractivity contribution >= 4 is 11.8 Å². The molecule has 2 aliphatic rings. The molecule has 1 N–H and O–H groups in total. The number of hydrogen-bond donors (Lipinski definition) is 1. The molecule has 1 aliphatic carbocycles. The van der Waals surface area contributed by atoms with E-state index in [4.69, 9.17) is 0 Å². The van der Waals surface area contributed by atoms with Crippen LogP contribution in [0.5, 0.6) is 0 Å². The maximum atomic E-state index is 12.4. The van der Waals surface area contributed by atoms with Crippen molar-refractivity contribution in [3.8, 4) is 0 Å². The van der Waals surface area contributed by atoms with Crippen LogP contribution >= 0.6 is 0 Å². The van der Waals surface area contributed by atoms with Crippen LogP contribution in [0.15, 0.2) is 0 Å². The fourth-order valence-electron chi connectivity index (χ4n) is 3.16. The summed E-state index contributed by atoms with van der Waals surface area (Å²) in [6.45, 7) is 3.80. The van der Waals surface area contributed by atoms with Crippen molar-refractivity contribution in [2.24, 2.45) is 0 Å². The monoisotopic (exact) mass is 252 g/mol. The Morgan fingerprint density at radius 3 is 2.33 bits per heavy atom. The standard InChI is InChI=1S/C14H24N2O2/c1-3-12-14(18)16(10(2)13(17)15-12)11-8-6-4-5-7-9-11/h10-12H,3-9H2,1-2H3,(H,15,17). The first-order valence-corrected chi connectivity index (χ1v) is 7.27. The van der Waals surface area contributed by atoms with Crippen molar-refractivity contribution in [2.45, 2.75) is 76.9 Å². The predicted octanol–water partition coefficient (Wildman–Crippen LogP) is 1.83. The first kappa shape index (κ1) is 13.4. The molecule has 0 aromatic heterocycles. The van der Waals surface area contributed by atoms with E-state index in [1.807, 2.05) is 18.7 Å². The molecule has 0 spiro atoms. The molecule has 1 saturated heterocycles. The van der Waals surface area contributed by atoms with Gasteiger partial charge in [0.25, 0.3) is 0 Å². The lowest BCUT2D eigenvalue weighted by Crippen LogP contribution is -2.64. The average Bonchev–Trinajstić information content (AvgIpc) is 2.63.